The normalized spacial score (nSPS) is 16.2. The fourth-order valence-electron chi connectivity index (χ4n) is 2.53. The molecular formula is C16H26N2O. The highest BCUT2D eigenvalue weighted by Gasteiger charge is 2.15. The number of aryl methyl sites for hydroxylation is 1. The molecule has 1 aliphatic carbocycles. The van der Waals surface area contributed by atoms with Crippen molar-refractivity contribution in [2.75, 3.05) is 6.61 Å². The molecule has 1 saturated carbocycles. The van der Waals surface area contributed by atoms with Crippen molar-refractivity contribution in [2.45, 2.75) is 59.0 Å². The van der Waals surface area contributed by atoms with E-state index in [2.05, 4.69) is 37.1 Å². The van der Waals surface area contributed by atoms with Crippen LogP contribution in [0.15, 0.2) is 12.1 Å². The molecule has 1 heterocycles. The van der Waals surface area contributed by atoms with Crippen LogP contribution in [0.25, 0.3) is 0 Å². The third-order valence-corrected chi connectivity index (χ3v) is 3.81. The summed E-state index contributed by atoms with van der Waals surface area (Å²) in [6.07, 6.45) is 5.35. The van der Waals surface area contributed by atoms with Crippen LogP contribution in [-0.2, 0) is 6.54 Å². The Kier molecular flexibility index (Phi) is 5.20. The molecule has 0 atom stereocenters. The van der Waals surface area contributed by atoms with Gasteiger partial charge < -0.3 is 10.1 Å². The molecule has 1 aliphatic rings. The highest BCUT2D eigenvalue weighted by molar-refractivity contribution is 5.24. The molecule has 1 aromatic heterocycles. The van der Waals surface area contributed by atoms with Crippen molar-refractivity contribution in [3.8, 4) is 5.88 Å². The summed E-state index contributed by atoms with van der Waals surface area (Å²) in [5, 5.41) is 3.42. The van der Waals surface area contributed by atoms with Crippen molar-refractivity contribution in [2.24, 2.45) is 5.92 Å². The summed E-state index contributed by atoms with van der Waals surface area (Å²) in [6, 6.07) is 4.62. The van der Waals surface area contributed by atoms with Crippen molar-refractivity contribution < 1.29 is 4.74 Å². The molecule has 1 fully saturated rings. The molecule has 0 bridgehead atoms. The molecule has 0 spiro atoms. The van der Waals surface area contributed by atoms with Crippen molar-refractivity contribution in [1.29, 1.82) is 0 Å². The van der Waals surface area contributed by atoms with E-state index in [9.17, 15) is 0 Å². The zero-order chi connectivity index (χ0) is 13.7. The summed E-state index contributed by atoms with van der Waals surface area (Å²) < 4.78 is 5.82. The second-order valence-electron chi connectivity index (χ2n) is 5.89. The zero-order valence-electron chi connectivity index (χ0n) is 12.4. The van der Waals surface area contributed by atoms with Gasteiger partial charge in [-0.25, -0.2) is 4.98 Å². The number of rotatable bonds is 6. The number of aromatic nitrogens is 1. The van der Waals surface area contributed by atoms with Crippen LogP contribution in [0.2, 0.25) is 0 Å². The molecule has 0 radical (unpaired) electrons. The Morgan fingerprint density at radius 2 is 2.05 bits per heavy atom. The summed E-state index contributed by atoms with van der Waals surface area (Å²) in [4.78, 5) is 4.55. The molecule has 0 saturated heterocycles. The van der Waals surface area contributed by atoms with Crippen molar-refractivity contribution in [1.82, 2.24) is 10.3 Å². The van der Waals surface area contributed by atoms with Gasteiger partial charge >= 0.3 is 0 Å². The first-order chi connectivity index (χ1) is 9.15. The molecule has 0 unspecified atom stereocenters. The SMILES string of the molecule is Cc1nc(OCC2CCCC2)ccc1CNC(C)C. The summed E-state index contributed by atoms with van der Waals surface area (Å²) in [7, 11) is 0. The average molecular weight is 262 g/mol. The Bertz CT molecular complexity index is 398. The maximum Gasteiger partial charge on any atom is 0.213 e. The van der Waals surface area contributed by atoms with Crippen LogP contribution in [0.1, 0.15) is 50.8 Å². The maximum atomic E-state index is 5.82. The number of hydrogen-bond donors (Lipinski definition) is 1. The molecule has 0 aromatic carbocycles. The smallest absolute Gasteiger partial charge is 0.213 e. The Morgan fingerprint density at radius 3 is 2.68 bits per heavy atom. The van der Waals surface area contributed by atoms with E-state index in [4.69, 9.17) is 4.74 Å². The van der Waals surface area contributed by atoms with Crippen LogP contribution < -0.4 is 10.1 Å². The largest absolute Gasteiger partial charge is 0.477 e. The molecule has 0 amide bonds. The van der Waals surface area contributed by atoms with E-state index in [1.165, 1.54) is 31.2 Å². The standard InChI is InChI=1S/C16H26N2O/c1-12(2)17-10-15-8-9-16(18-13(15)3)19-11-14-6-4-5-7-14/h8-9,12,14,17H,4-7,10-11H2,1-3H3. The monoisotopic (exact) mass is 262 g/mol. The second kappa shape index (κ2) is 6.90. The van der Waals surface area contributed by atoms with Gasteiger partial charge in [0.25, 0.3) is 0 Å². The van der Waals surface area contributed by atoms with Gasteiger partial charge in [0.15, 0.2) is 0 Å². The fraction of sp³-hybridized carbons (Fsp3) is 0.688. The van der Waals surface area contributed by atoms with Gasteiger partial charge in [0.2, 0.25) is 5.88 Å². The molecule has 1 aromatic rings. The molecule has 2 rings (SSSR count). The molecular weight excluding hydrogens is 236 g/mol. The number of pyridine rings is 1. The number of nitrogens with one attached hydrogen (secondary N) is 1. The lowest BCUT2D eigenvalue weighted by Gasteiger charge is -2.13. The predicted molar refractivity (Wildman–Crippen MR) is 78.4 cm³/mol. The molecule has 3 heteroatoms. The topological polar surface area (TPSA) is 34.1 Å². The molecule has 19 heavy (non-hydrogen) atoms. The van der Waals surface area contributed by atoms with E-state index in [1.807, 2.05) is 6.07 Å². The lowest BCUT2D eigenvalue weighted by molar-refractivity contribution is 0.243. The Labute approximate surface area is 116 Å². The van der Waals surface area contributed by atoms with Crippen molar-refractivity contribution in [3.63, 3.8) is 0 Å². The number of hydrogen-bond acceptors (Lipinski definition) is 3. The first kappa shape index (κ1) is 14.3. The van der Waals surface area contributed by atoms with E-state index >= 15 is 0 Å². The molecule has 3 nitrogen and oxygen atoms in total. The van der Waals surface area contributed by atoms with Crippen LogP contribution in [-0.4, -0.2) is 17.6 Å². The van der Waals surface area contributed by atoms with Gasteiger partial charge in [0, 0.05) is 24.3 Å². The van der Waals surface area contributed by atoms with E-state index < -0.39 is 0 Å². The minimum atomic E-state index is 0.498. The summed E-state index contributed by atoms with van der Waals surface area (Å²) >= 11 is 0. The van der Waals surface area contributed by atoms with Gasteiger partial charge in [-0.2, -0.15) is 0 Å². The highest BCUT2D eigenvalue weighted by Crippen LogP contribution is 2.25. The van der Waals surface area contributed by atoms with Gasteiger partial charge in [0.05, 0.1) is 6.61 Å². The third kappa shape index (κ3) is 4.50. The van der Waals surface area contributed by atoms with Crippen LogP contribution >= 0.6 is 0 Å². The number of ether oxygens (including phenoxy) is 1. The quantitative estimate of drug-likeness (QED) is 0.852. The minimum absolute atomic E-state index is 0.498. The van der Waals surface area contributed by atoms with E-state index in [1.54, 1.807) is 0 Å². The van der Waals surface area contributed by atoms with Crippen LogP contribution in [0.5, 0.6) is 5.88 Å². The summed E-state index contributed by atoms with van der Waals surface area (Å²) in [5.41, 5.74) is 2.32. The third-order valence-electron chi connectivity index (χ3n) is 3.81. The molecule has 106 valence electrons. The molecule has 0 aliphatic heterocycles. The van der Waals surface area contributed by atoms with Crippen molar-refractivity contribution >= 4 is 0 Å². The van der Waals surface area contributed by atoms with Gasteiger partial charge in [-0.15, -0.1) is 0 Å². The maximum absolute atomic E-state index is 5.82. The van der Waals surface area contributed by atoms with Gasteiger partial charge in [-0.05, 0) is 31.2 Å². The number of nitrogens with zero attached hydrogens (tertiary/aromatic N) is 1. The van der Waals surface area contributed by atoms with E-state index in [0.717, 1.165) is 30.6 Å². The minimum Gasteiger partial charge on any atom is -0.477 e. The first-order valence-corrected chi connectivity index (χ1v) is 7.48. The second-order valence-corrected chi connectivity index (χ2v) is 5.89. The van der Waals surface area contributed by atoms with Gasteiger partial charge in [-0.1, -0.05) is 32.8 Å². The van der Waals surface area contributed by atoms with E-state index in [-0.39, 0.29) is 0 Å². The lowest BCUT2D eigenvalue weighted by Crippen LogP contribution is -2.22. The average Bonchev–Trinajstić information content (AvgIpc) is 2.88. The summed E-state index contributed by atoms with van der Waals surface area (Å²) in [6.45, 7) is 8.07. The van der Waals surface area contributed by atoms with Crippen LogP contribution in [0, 0.1) is 12.8 Å². The van der Waals surface area contributed by atoms with Gasteiger partial charge in [0.1, 0.15) is 0 Å². The first-order valence-electron chi connectivity index (χ1n) is 7.48. The summed E-state index contributed by atoms with van der Waals surface area (Å²) in [5.74, 6) is 1.52. The Morgan fingerprint density at radius 1 is 1.32 bits per heavy atom. The lowest BCUT2D eigenvalue weighted by atomic mass is 10.1. The Balaban J connectivity index is 1.86. The van der Waals surface area contributed by atoms with Gasteiger partial charge in [-0.3, -0.25) is 0 Å². The van der Waals surface area contributed by atoms with Crippen LogP contribution in [0.3, 0.4) is 0 Å². The highest BCUT2D eigenvalue weighted by atomic mass is 16.5. The Hall–Kier alpha value is -1.09. The fourth-order valence-corrected chi connectivity index (χ4v) is 2.53. The van der Waals surface area contributed by atoms with Crippen LogP contribution in [0.4, 0.5) is 0 Å². The van der Waals surface area contributed by atoms with Crippen molar-refractivity contribution in [3.05, 3.63) is 23.4 Å². The zero-order valence-corrected chi connectivity index (χ0v) is 12.4. The predicted octanol–water partition coefficient (Wildman–Crippen LogP) is 3.46. The van der Waals surface area contributed by atoms with E-state index in [0.29, 0.717) is 6.04 Å². The molecule has 1 N–H and O–H groups in total.